The predicted octanol–water partition coefficient (Wildman–Crippen LogP) is 2.26. The van der Waals surface area contributed by atoms with Gasteiger partial charge in [-0.3, -0.25) is 9.59 Å². The van der Waals surface area contributed by atoms with Crippen molar-refractivity contribution in [2.24, 2.45) is 0 Å². The smallest absolute Gasteiger partial charge is 0.251 e. The van der Waals surface area contributed by atoms with E-state index in [1.807, 2.05) is 6.07 Å². The first-order chi connectivity index (χ1) is 14.9. The molecule has 2 fully saturated rings. The van der Waals surface area contributed by atoms with E-state index in [-0.39, 0.29) is 35.8 Å². The van der Waals surface area contributed by atoms with Crippen molar-refractivity contribution in [1.82, 2.24) is 14.9 Å². The van der Waals surface area contributed by atoms with Crippen LogP contribution in [0.4, 0.5) is 0 Å². The minimum absolute atomic E-state index is 0.0853. The fourth-order valence-corrected chi connectivity index (χ4v) is 5.71. The third kappa shape index (κ3) is 4.97. The summed E-state index contributed by atoms with van der Waals surface area (Å²) in [4.78, 5) is 24.2. The van der Waals surface area contributed by atoms with Crippen LogP contribution in [-0.2, 0) is 14.8 Å². The van der Waals surface area contributed by atoms with Gasteiger partial charge in [-0.25, -0.2) is 8.42 Å². The van der Waals surface area contributed by atoms with Gasteiger partial charge in [-0.2, -0.15) is 4.31 Å². The Morgan fingerprint density at radius 3 is 2.29 bits per heavy atom. The lowest BCUT2D eigenvalue weighted by molar-refractivity contribution is -0.122. The molecule has 0 aromatic heterocycles. The number of carbonyl (C=O) groups is 2. The van der Waals surface area contributed by atoms with Crippen molar-refractivity contribution in [1.29, 1.82) is 0 Å². The van der Waals surface area contributed by atoms with Gasteiger partial charge in [-0.05, 0) is 61.4 Å². The van der Waals surface area contributed by atoms with E-state index in [4.69, 9.17) is 0 Å². The van der Waals surface area contributed by atoms with Crippen LogP contribution in [0.2, 0.25) is 0 Å². The summed E-state index contributed by atoms with van der Waals surface area (Å²) in [5.74, 6) is 0.0352. The second kappa shape index (κ2) is 9.20. The minimum atomic E-state index is -3.76. The van der Waals surface area contributed by atoms with Crippen LogP contribution in [-0.4, -0.2) is 50.2 Å². The molecule has 4 rings (SSSR count). The molecule has 1 aliphatic carbocycles. The van der Waals surface area contributed by atoms with Crippen molar-refractivity contribution in [2.75, 3.05) is 19.6 Å². The van der Waals surface area contributed by atoms with Gasteiger partial charge >= 0.3 is 0 Å². The van der Waals surface area contributed by atoms with Crippen LogP contribution in [0, 0.1) is 0 Å². The Morgan fingerprint density at radius 1 is 0.968 bits per heavy atom. The average Bonchev–Trinajstić information content (AvgIpc) is 2.80. The number of hydrogen-bond acceptors (Lipinski definition) is 4. The Morgan fingerprint density at radius 2 is 1.65 bits per heavy atom. The Hall–Kier alpha value is -2.71. The van der Waals surface area contributed by atoms with Crippen LogP contribution in [0.1, 0.15) is 47.5 Å². The standard InChI is InChI=1S/C23H27N3O4S/c27-22-16-26(15-14-24-22)31(29,30)21-12-8-19(9-13-21)23(28)25-20-10-6-18(7-11-20)17-4-2-1-3-5-17/h1-5,8-9,12-13,18,20H,6-7,10-11,14-16H2,(H,24,27)(H,25,28). The van der Waals surface area contributed by atoms with E-state index in [0.29, 0.717) is 18.0 Å². The fraction of sp³-hybridized carbons (Fsp3) is 0.391. The lowest BCUT2D eigenvalue weighted by atomic mass is 9.82. The van der Waals surface area contributed by atoms with E-state index in [1.54, 1.807) is 0 Å². The largest absolute Gasteiger partial charge is 0.354 e. The van der Waals surface area contributed by atoms with Crippen molar-refractivity contribution >= 4 is 21.8 Å². The van der Waals surface area contributed by atoms with E-state index in [9.17, 15) is 18.0 Å². The Kier molecular flexibility index (Phi) is 6.38. The third-order valence-corrected chi connectivity index (χ3v) is 7.95. The predicted molar refractivity (Wildman–Crippen MR) is 117 cm³/mol. The molecule has 31 heavy (non-hydrogen) atoms. The monoisotopic (exact) mass is 441 g/mol. The Balaban J connectivity index is 1.34. The van der Waals surface area contributed by atoms with Gasteiger partial charge in [-0.15, -0.1) is 0 Å². The molecule has 2 aromatic rings. The topological polar surface area (TPSA) is 95.6 Å². The average molecular weight is 442 g/mol. The Labute approximate surface area is 182 Å². The SMILES string of the molecule is O=C1CN(S(=O)(=O)c2ccc(C(=O)NC3CCC(c4ccccc4)CC3)cc2)CCN1. The highest BCUT2D eigenvalue weighted by Gasteiger charge is 2.29. The van der Waals surface area contributed by atoms with Gasteiger partial charge in [0.1, 0.15) is 0 Å². The molecule has 2 aliphatic rings. The molecule has 0 bridgehead atoms. The van der Waals surface area contributed by atoms with E-state index in [1.165, 1.54) is 29.8 Å². The van der Waals surface area contributed by atoms with Gasteiger partial charge < -0.3 is 10.6 Å². The van der Waals surface area contributed by atoms with Crippen LogP contribution >= 0.6 is 0 Å². The summed E-state index contributed by atoms with van der Waals surface area (Å²) in [6, 6.07) is 16.5. The van der Waals surface area contributed by atoms with Crippen molar-refractivity contribution in [3.8, 4) is 0 Å². The summed E-state index contributed by atoms with van der Waals surface area (Å²) >= 11 is 0. The molecule has 7 nitrogen and oxygen atoms in total. The van der Waals surface area contributed by atoms with Crippen molar-refractivity contribution < 1.29 is 18.0 Å². The van der Waals surface area contributed by atoms with Crippen LogP contribution in [0.5, 0.6) is 0 Å². The summed E-state index contributed by atoms with van der Waals surface area (Å²) in [7, 11) is -3.76. The summed E-state index contributed by atoms with van der Waals surface area (Å²) in [5, 5.41) is 5.70. The summed E-state index contributed by atoms with van der Waals surface area (Å²) in [6.07, 6.45) is 3.93. The van der Waals surface area contributed by atoms with Gasteiger partial charge in [0.2, 0.25) is 15.9 Å². The maximum atomic E-state index is 12.7. The number of amides is 2. The van der Waals surface area contributed by atoms with Gasteiger partial charge in [0.05, 0.1) is 11.4 Å². The number of sulfonamides is 1. The number of rotatable bonds is 5. The zero-order chi connectivity index (χ0) is 21.8. The van der Waals surface area contributed by atoms with Crippen molar-refractivity contribution in [3.63, 3.8) is 0 Å². The van der Waals surface area contributed by atoms with Gasteiger partial charge in [0, 0.05) is 24.7 Å². The molecule has 1 heterocycles. The molecule has 0 spiro atoms. The summed E-state index contributed by atoms with van der Waals surface area (Å²) < 4.78 is 26.6. The molecule has 0 atom stereocenters. The molecule has 1 saturated carbocycles. The van der Waals surface area contributed by atoms with E-state index in [2.05, 4.69) is 34.9 Å². The molecule has 2 amide bonds. The third-order valence-electron chi connectivity index (χ3n) is 6.09. The lowest BCUT2D eigenvalue weighted by Gasteiger charge is -2.29. The summed E-state index contributed by atoms with van der Waals surface area (Å²) in [6.45, 7) is 0.350. The first kappa shape index (κ1) is 21.5. The molecule has 1 aliphatic heterocycles. The van der Waals surface area contributed by atoms with Crippen LogP contribution < -0.4 is 10.6 Å². The second-order valence-corrected chi connectivity index (χ2v) is 10.1. The maximum absolute atomic E-state index is 12.7. The molecule has 8 heteroatoms. The molecule has 1 saturated heterocycles. The highest BCUT2D eigenvalue weighted by atomic mass is 32.2. The highest BCUT2D eigenvalue weighted by Crippen LogP contribution is 2.32. The van der Waals surface area contributed by atoms with Crippen molar-refractivity contribution in [3.05, 3.63) is 65.7 Å². The highest BCUT2D eigenvalue weighted by molar-refractivity contribution is 7.89. The quantitative estimate of drug-likeness (QED) is 0.744. The van der Waals surface area contributed by atoms with E-state index >= 15 is 0 Å². The summed E-state index contributed by atoms with van der Waals surface area (Å²) in [5.41, 5.74) is 1.79. The maximum Gasteiger partial charge on any atom is 0.251 e. The first-order valence-corrected chi connectivity index (χ1v) is 12.1. The van der Waals surface area contributed by atoms with E-state index < -0.39 is 10.0 Å². The Bertz CT molecular complexity index is 1030. The molecule has 164 valence electrons. The van der Waals surface area contributed by atoms with Gasteiger partial charge in [0.15, 0.2) is 0 Å². The molecule has 2 aromatic carbocycles. The van der Waals surface area contributed by atoms with Crippen LogP contribution in [0.25, 0.3) is 0 Å². The number of benzene rings is 2. The first-order valence-electron chi connectivity index (χ1n) is 10.7. The van der Waals surface area contributed by atoms with Crippen LogP contribution in [0.15, 0.2) is 59.5 Å². The normalized spacial score (nSPS) is 22.5. The number of nitrogens with one attached hydrogen (secondary N) is 2. The second-order valence-electron chi connectivity index (χ2n) is 8.15. The number of carbonyl (C=O) groups excluding carboxylic acids is 2. The van der Waals surface area contributed by atoms with Gasteiger partial charge in [0.25, 0.3) is 5.91 Å². The van der Waals surface area contributed by atoms with Crippen LogP contribution in [0.3, 0.4) is 0 Å². The zero-order valence-electron chi connectivity index (χ0n) is 17.3. The van der Waals surface area contributed by atoms with Gasteiger partial charge in [-0.1, -0.05) is 30.3 Å². The van der Waals surface area contributed by atoms with E-state index in [0.717, 1.165) is 30.0 Å². The molecule has 2 N–H and O–H groups in total. The fourth-order valence-electron chi connectivity index (χ4n) is 4.31. The molecule has 0 unspecified atom stereocenters. The molecule has 0 radical (unpaired) electrons. The molecular formula is C23H27N3O4S. The number of nitrogens with zero attached hydrogens (tertiary/aromatic N) is 1. The lowest BCUT2D eigenvalue weighted by Crippen LogP contribution is -2.49. The zero-order valence-corrected chi connectivity index (χ0v) is 18.1. The minimum Gasteiger partial charge on any atom is -0.354 e. The number of hydrogen-bond donors (Lipinski definition) is 2. The van der Waals surface area contributed by atoms with Crippen molar-refractivity contribution in [2.45, 2.75) is 42.5 Å². The molecular weight excluding hydrogens is 414 g/mol. The number of piperazine rings is 1.